The number of hydrogen-bond acceptors (Lipinski definition) is 2. The Balaban J connectivity index is 0.000000192. The topological polar surface area (TPSA) is 40.5 Å². The Morgan fingerprint density at radius 2 is 1.23 bits per heavy atom. The van der Waals surface area contributed by atoms with Crippen LogP contribution in [0.15, 0.2) is 66.7 Å². The molecule has 2 nitrogen and oxygen atoms in total. The van der Waals surface area contributed by atoms with Crippen LogP contribution in [0.3, 0.4) is 0 Å². The number of hydrogen-bond donors (Lipinski definition) is 2. The molecule has 136 valence electrons. The first kappa shape index (κ1) is 22.2. The molecule has 0 heterocycles. The number of phenols is 2. The summed E-state index contributed by atoms with van der Waals surface area (Å²) in [5, 5.41) is 17.1. The van der Waals surface area contributed by atoms with Gasteiger partial charge in [0.05, 0.1) is 0 Å². The van der Waals surface area contributed by atoms with Crippen LogP contribution in [0.5, 0.6) is 11.5 Å². The van der Waals surface area contributed by atoms with E-state index >= 15 is 0 Å². The average molecular weight is 435 g/mol. The van der Waals surface area contributed by atoms with Crippen LogP contribution in [0.4, 0.5) is 8.78 Å². The Kier molecular flexibility index (Phi) is 9.97. The molecule has 0 aliphatic heterocycles. The van der Waals surface area contributed by atoms with Gasteiger partial charge in [-0.3, -0.25) is 0 Å². The van der Waals surface area contributed by atoms with Crippen LogP contribution >= 0.6 is 0 Å². The molecule has 0 aromatic heterocycles. The van der Waals surface area contributed by atoms with Crippen molar-refractivity contribution in [3.63, 3.8) is 0 Å². The smallest absolute Gasteiger partial charge is 0.164 e. The molecule has 0 spiro atoms. The number of fused-ring (bicyclic) bond motifs is 1. The molecule has 4 rings (SSSR count). The van der Waals surface area contributed by atoms with E-state index in [9.17, 15) is 8.78 Å². The molecular weight excluding hydrogens is 413 g/mol. The third-order valence-electron chi connectivity index (χ3n) is 3.85. The van der Waals surface area contributed by atoms with Gasteiger partial charge in [-0.1, -0.05) is 49.9 Å². The summed E-state index contributed by atoms with van der Waals surface area (Å²) in [5.74, 6) is -1.75. The van der Waals surface area contributed by atoms with E-state index in [-0.39, 0.29) is 37.7 Å². The Bertz CT molecular complexity index is 681. The van der Waals surface area contributed by atoms with Gasteiger partial charge >= 0.3 is 0 Å². The molecule has 0 saturated heterocycles. The van der Waals surface area contributed by atoms with Crippen LogP contribution < -0.4 is 0 Å². The number of aryl methyl sites for hydroxylation is 2. The Morgan fingerprint density at radius 1 is 0.731 bits per heavy atom. The van der Waals surface area contributed by atoms with E-state index in [4.69, 9.17) is 10.2 Å². The Labute approximate surface area is 171 Å². The standard InChI is InChI=1S/C9H11.2C6H5FO.Zr/c1-2-5-9-7-3-6-8(9)4-1;2*7-5-3-1-2-4-6(5)8;/h3,6-7H,1-2,4-5H2;2*1-4,8H;/q-1;;;. The number of para-hydroxylation sites is 2. The maximum Gasteiger partial charge on any atom is 0.164 e. The summed E-state index contributed by atoms with van der Waals surface area (Å²) >= 11 is 0. The molecule has 26 heavy (non-hydrogen) atoms. The van der Waals surface area contributed by atoms with Gasteiger partial charge in [0.1, 0.15) is 0 Å². The molecule has 1 aliphatic rings. The van der Waals surface area contributed by atoms with Crippen LogP contribution in [0.2, 0.25) is 0 Å². The van der Waals surface area contributed by atoms with Crippen LogP contribution in [0.1, 0.15) is 24.0 Å². The predicted octanol–water partition coefficient (Wildman–Crippen LogP) is 5.34. The minimum Gasteiger partial charge on any atom is -0.505 e. The van der Waals surface area contributed by atoms with Gasteiger partial charge < -0.3 is 10.2 Å². The van der Waals surface area contributed by atoms with Crippen molar-refractivity contribution in [3.8, 4) is 11.5 Å². The van der Waals surface area contributed by atoms with Crippen LogP contribution in [-0.4, -0.2) is 10.2 Å². The zero-order valence-corrected chi connectivity index (χ0v) is 16.8. The molecule has 3 aromatic rings. The zero-order chi connectivity index (χ0) is 18.1. The largest absolute Gasteiger partial charge is 0.505 e. The molecule has 0 saturated carbocycles. The second-order valence-electron chi connectivity index (χ2n) is 5.69. The van der Waals surface area contributed by atoms with Crippen molar-refractivity contribution in [2.75, 3.05) is 0 Å². The first-order valence-corrected chi connectivity index (χ1v) is 8.18. The van der Waals surface area contributed by atoms with E-state index in [0.717, 1.165) is 0 Å². The summed E-state index contributed by atoms with van der Waals surface area (Å²) < 4.78 is 24.1. The first-order valence-electron chi connectivity index (χ1n) is 8.18. The Hall–Kier alpha value is -1.87. The van der Waals surface area contributed by atoms with E-state index < -0.39 is 11.6 Å². The quantitative estimate of drug-likeness (QED) is 0.469. The number of aromatic hydroxyl groups is 2. The van der Waals surface area contributed by atoms with Gasteiger partial charge in [0.25, 0.3) is 0 Å². The van der Waals surface area contributed by atoms with Crippen molar-refractivity contribution in [1.29, 1.82) is 0 Å². The van der Waals surface area contributed by atoms with Crippen molar-refractivity contribution >= 4 is 0 Å². The summed E-state index contributed by atoms with van der Waals surface area (Å²) in [5.41, 5.74) is 3.20. The van der Waals surface area contributed by atoms with Crippen molar-refractivity contribution in [2.24, 2.45) is 0 Å². The fourth-order valence-corrected chi connectivity index (χ4v) is 2.52. The first-order chi connectivity index (χ1) is 12.1. The van der Waals surface area contributed by atoms with Crippen LogP contribution in [0.25, 0.3) is 0 Å². The third-order valence-corrected chi connectivity index (χ3v) is 3.85. The van der Waals surface area contributed by atoms with Crippen molar-refractivity contribution in [1.82, 2.24) is 0 Å². The van der Waals surface area contributed by atoms with Gasteiger partial charge in [0, 0.05) is 26.2 Å². The molecule has 0 atom stereocenters. The maximum absolute atomic E-state index is 12.1. The fraction of sp³-hybridized carbons (Fsp3) is 0.190. The number of rotatable bonds is 0. The minimum atomic E-state index is -0.576. The summed E-state index contributed by atoms with van der Waals surface area (Å²) in [7, 11) is 0. The summed E-state index contributed by atoms with van der Waals surface area (Å²) in [4.78, 5) is 0. The fourth-order valence-electron chi connectivity index (χ4n) is 2.52. The number of phenolic OH excluding ortho intramolecular Hbond substituents is 2. The van der Waals surface area contributed by atoms with Crippen molar-refractivity contribution in [3.05, 3.63) is 89.5 Å². The van der Waals surface area contributed by atoms with Gasteiger partial charge in [-0.05, 0) is 24.3 Å². The zero-order valence-electron chi connectivity index (χ0n) is 14.3. The molecule has 0 amide bonds. The molecule has 0 radical (unpaired) electrons. The number of benzene rings is 2. The van der Waals surface area contributed by atoms with Crippen LogP contribution in [-0.2, 0) is 39.0 Å². The predicted molar refractivity (Wildman–Crippen MR) is 94.8 cm³/mol. The average Bonchev–Trinajstić information content (AvgIpc) is 3.10. The van der Waals surface area contributed by atoms with Gasteiger partial charge in [0.2, 0.25) is 0 Å². The third kappa shape index (κ3) is 7.17. The van der Waals surface area contributed by atoms with E-state index in [1.54, 1.807) is 23.3 Å². The van der Waals surface area contributed by atoms with E-state index in [0.29, 0.717) is 0 Å². The normalized spacial score (nSPS) is 11.6. The van der Waals surface area contributed by atoms with Crippen molar-refractivity contribution < 1.29 is 45.2 Å². The molecular formula is C21H21F2O2Zr-. The Morgan fingerprint density at radius 3 is 1.65 bits per heavy atom. The minimum absolute atomic E-state index is 0. The maximum atomic E-state index is 12.1. The molecule has 0 fully saturated rings. The molecule has 5 heteroatoms. The molecule has 1 aliphatic carbocycles. The van der Waals surface area contributed by atoms with Gasteiger partial charge in [-0.25, -0.2) is 14.8 Å². The van der Waals surface area contributed by atoms with E-state index in [1.165, 1.54) is 62.1 Å². The molecule has 3 aromatic carbocycles. The number of halogens is 2. The molecule has 2 N–H and O–H groups in total. The van der Waals surface area contributed by atoms with Gasteiger partial charge in [-0.2, -0.15) is 23.3 Å². The SMILES string of the molecule is Oc1ccccc1F.Oc1ccccc1F.[Zr].c1cc2c([cH-]1)CCCC2. The summed E-state index contributed by atoms with van der Waals surface area (Å²) in [6, 6.07) is 17.9. The van der Waals surface area contributed by atoms with Gasteiger partial charge in [0.15, 0.2) is 23.1 Å². The second kappa shape index (κ2) is 11.7. The van der Waals surface area contributed by atoms with Crippen molar-refractivity contribution in [2.45, 2.75) is 25.7 Å². The van der Waals surface area contributed by atoms with Crippen LogP contribution in [0, 0.1) is 11.6 Å². The monoisotopic (exact) mass is 433 g/mol. The molecule has 0 unspecified atom stereocenters. The summed E-state index contributed by atoms with van der Waals surface area (Å²) in [6.45, 7) is 0. The van der Waals surface area contributed by atoms with Gasteiger partial charge in [-0.15, -0.1) is 0 Å². The van der Waals surface area contributed by atoms with E-state index in [2.05, 4.69) is 18.2 Å². The summed E-state index contributed by atoms with van der Waals surface area (Å²) in [6.07, 6.45) is 5.44. The van der Waals surface area contributed by atoms with E-state index in [1.807, 2.05) is 0 Å². The second-order valence-corrected chi connectivity index (χ2v) is 5.69. The molecule has 0 bridgehead atoms.